The molecule has 1 aliphatic carbocycles. The molecule has 0 amide bonds. The van der Waals surface area contributed by atoms with Crippen LogP contribution in [0.15, 0.2) is 5.16 Å². The zero-order valence-electron chi connectivity index (χ0n) is 8.08. The Morgan fingerprint density at radius 1 is 1.31 bits per heavy atom. The highest BCUT2D eigenvalue weighted by Crippen LogP contribution is 2.27. The molecule has 1 saturated heterocycles. The van der Waals surface area contributed by atoms with E-state index in [4.69, 9.17) is 5.21 Å². The van der Waals surface area contributed by atoms with Gasteiger partial charge >= 0.3 is 0 Å². The van der Waals surface area contributed by atoms with Crippen LogP contribution < -0.4 is 0 Å². The number of hydrogen-bond donors (Lipinski definition) is 1. The minimum Gasteiger partial charge on any atom is -0.411 e. The highest BCUT2D eigenvalue weighted by atomic mass is 16.4. The number of likely N-dealkylation sites (tertiary alicyclic amines) is 1. The van der Waals surface area contributed by atoms with E-state index in [0.717, 1.165) is 37.6 Å². The molecular weight excluding hydrogens is 164 g/mol. The van der Waals surface area contributed by atoms with Crippen LogP contribution in [0.5, 0.6) is 0 Å². The van der Waals surface area contributed by atoms with Crippen molar-refractivity contribution in [3.05, 3.63) is 0 Å². The fraction of sp³-hybridized carbons (Fsp3) is 0.900. The zero-order chi connectivity index (χ0) is 9.10. The summed E-state index contributed by atoms with van der Waals surface area (Å²) in [5.74, 6) is 0.965. The molecule has 13 heavy (non-hydrogen) atoms. The van der Waals surface area contributed by atoms with E-state index in [1.807, 2.05) is 0 Å². The smallest absolute Gasteiger partial charge is 0.0596 e. The molecule has 3 heteroatoms. The van der Waals surface area contributed by atoms with Crippen LogP contribution in [0.25, 0.3) is 0 Å². The Hall–Kier alpha value is -0.570. The number of oxime groups is 1. The molecule has 0 bridgehead atoms. The van der Waals surface area contributed by atoms with E-state index in [2.05, 4.69) is 10.1 Å². The van der Waals surface area contributed by atoms with Crippen molar-refractivity contribution in [1.29, 1.82) is 0 Å². The number of nitrogens with zero attached hydrogens (tertiary/aromatic N) is 2. The number of hydrogen-bond acceptors (Lipinski definition) is 3. The first kappa shape index (κ1) is 9.00. The summed E-state index contributed by atoms with van der Waals surface area (Å²) in [5.41, 5.74) is 0.977. The van der Waals surface area contributed by atoms with E-state index in [9.17, 15) is 0 Å². The molecule has 0 spiro atoms. The lowest BCUT2D eigenvalue weighted by molar-refractivity contribution is 0.176. The third kappa shape index (κ3) is 2.21. The van der Waals surface area contributed by atoms with Gasteiger partial charge in [0.25, 0.3) is 0 Å². The van der Waals surface area contributed by atoms with Gasteiger partial charge in [0.1, 0.15) is 0 Å². The molecule has 0 aromatic carbocycles. The van der Waals surface area contributed by atoms with E-state index in [0.29, 0.717) is 0 Å². The van der Waals surface area contributed by atoms with E-state index in [-0.39, 0.29) is 0 Å². The molecule has 1 aliphatic heterocycles. The first-order chi connectivity index (χ1) is 6.38. The Labute approximate surface area is 79.4 Å². The fourth-order valence-corrected chi connectivity index (χ4v) is 2.13. The summed E-state index contributed by atoms with van der Waals surface area (Å²) in [6, 6.07) is 0. The molecule has 2 rings (SSSR count). The highest BCUT2D eigenvalue weighted by Gasteiger charge is 2.22. The van der Waals surface area contributed by atoms with E-state index >= 15 is 0 Å². The second kappa shape index (κ2) is 4.09. The molecule has 74 valence electrons. The van der Waals surface area contributed by atoms with Crippen molar-refractivity contribution >= 4 is 5.71 Å². The normalized spacial score (nSPS) is 25.7. The van der Waals surface area contributed by atoms with Crippen LogP contribution in [-0.4, -0.2) is 35.5 Å². The first-order valence-electron chi connectivity index (χ1n) is 5.30. The van der Waals surface area contributed by atoms with Crippen LogP contribution in [0.2, 0.25) is 0 Å². The summed E-state index contributed by atoms with van der Waals surface area (Å²) in [5, 5.41) is 11.9. The van der Waals surface area contributed by atoms with Gasteiger partial charge in [0.2, 0.25) is 0 Å². The Morgan fingerprint density at radius 2 is 2.00 bits per heavy atom. The Kier molecular flexibility index (Phi) is 2.83. The average Bonchev–Trinajstić information content (AvgIpc) is 2.12. The third-order valence-electron chi connectivity index (χ3n) is 3.32. The summed E-state index contributed by atoms with van der Waals surface area (Å²) in [4.78, 5) is 2.51. The van der Waals surface area contributed by atoms with Crippen LogP contribution in [-0.2, 0) is 0 Å². The van der Waals surface area contributed by atoms with Gasteiger partial charge in [-0.15, -0.1) is 0 Å². The van der Waals surface area contributed by atoms with Gasteiger partial charge in [0.15, 0.2) is 0 Å². The third-order valence-corrected chi connectivity index (χ3v) is 3.32. The van der Waals surface area contributed by atoms with E-state index in [1.54, 1.807) is 0 Å². The molecule has 3 nitrogen and oxygen atoms in total. The highest BCUT2D eigenvalue weighted by molar-refractivity contribution is 5.84. The standard InChI is InChI=1S/C10H18N2O/c13-11-10-4-6-12(7-5-10)8-9-2-1-3-9/h9,13H,1-8H2. The zero-order valence-corrected chi connectivity index (χ0v) is 8.08. The minimum atomic E-state index is 0.962. The summed E-state index contributed by atoms with van der Waals surface area (Å²) in [6.07, 6.45) is 6.21. The summed E-state index contributed by atoms with van der Waals surface area (Å²) >= 11 is 0. The van der Waals surface area contributed by atoms with E-state index in [1.165, 1.54) is 25.8 Å². The lowest BCUT2D eigenvalue weighted by Crippen LogP contribution is -2.38. The maximum Gasteiger partial charge on any atom is 0.0596 e. The minimum absolute atomic E-state index is 0.962. The molecule has 2 aliphatic rings. The van der Waals surface area contributed by atoms with Crippen molar-refractivity contribution in [2.24, 2.45) is 11.1 Å². The molecule has 0 atom stereocenters. The summed E-state index contributed by atoms with van der Waals surface area (Å²) in [7, 11) is 0. The second-order valence-corrected chi connectivity index (χ2v) is 4.26. The average molecular weight is 182 g/mol. The van der Waals surface area contributed by atoms with Gasteiger partial charge in [0, 0.05) is 32.5 Å². The van der Waals surface area contributed by atoms with Gasteiger partial charge in [-0.25, -0.2) is 0 Å². The molecule has 0 unspecified atom stereocenters. The van der Waals surface area contributed by atoms with Crippen molar-refractivity contribution < 1.29 is 5.21 Å². The number of rotatable bonds is 2. The second-order valence-electron chi connectivity index (χ2n) is 4.26. The van der Waals surface area contributed by atoms with Gasteiger partial charge in [0.05, 0.1) is 5.71 Å². The predicted octanol–water partition coefficient (Wildman–Crippen LogP) is 1.71. The Balaban J connectivity index is 1.71. The summed E-state index contributed by atoms with van der Waals surface area (Å²) in [6.45, 7) is 3.46. The van der Waals surface area contributed by atoms with Crippen LogP contribution >= 0.6 is 0 Å². The molecule has 1 N–H and O–H groups in total. The van der Waals surface area contributed by atoms with Crippen molar-refractivity contribution in [1.82, 2.24) is 4.90 Å². The largest absolute Gasteiger partial charge is 0.411 e. The number of piperidine rings is 1. The van der Waals surface area contributed by atoms with Gasteiger partial charge in [-0.05, 0) is 18.8 Å². The Morgan fingerprint density at radius 3 is 2.46 bits per heavy atom. The van der Waals surface area contributed by atoms with Crippen LogP contribution in [0.1, 0.15) is 32.1 Å². The first-order valence-corrected chi connectivity index (χ1v) is 5.30. The maximum atomic E-state index is 8.59. The van der Waals surface area contributed by atoms with Crippen LogP contribution in [0, 0.1) is 5.92 Å². The summed E-state index contributed by atoms with van der Waals surface area (Å²) < 4.78 is 0. The van der Waals surface area contributed by atoms with Crippen LogP contribution in [0.3, 0.4) is 0 Å². The Bertz CT molecular complexity index is 189. The van der Waals surface area contributed by atoms with Gasteiger partial charge < -0.3 is 10.1 Å². The molecule has 2 fully saturated rings. The monoisotopic (exact) mass is 182 g/mol. The molecule has 0 radical (unpaired) electrons. The van der Waals surface area contributed by atoms with Crippen molar-refractivity contribution in [2.75, 3.05) is 19.6 Å². The molecular formula is C10H18N2O. The van der Waals surface area contributed by atoms with Crippen LogP contribution in [0.4, 0.5) is 0 Å². The molecule has 0 aromatic rings. The molecule has 1 saturated carbocycles. The quantitative estimate of drug-likeness (QED) is 0.521. The lowest BCUT2D eigenvalue weighted by Gasteiger charge is -2.34. The fourth-order valence-electron chi connectivity index (χ4n) is 2.13. The topological polar surface area (TPSA) is 35.8 Å². The molecule has 0 aromatic heterocycles. The van der Waals surface area contributed by atoms with Crippen molar-refractivity contribution in [3.8, 4) is 0 Å². The van der Waals surface area contributed by atoms with Gasteiger partial charge in [-0.1, -0.05) is 11.6 Å². The SMILES string of the molecule is ON=C1CCN(CC2CCC2)CC1. The maximum absolute atomic E-state index is 8.59. The van der Waals surface area contributed by atoms with E-state index < -0.39 is 0 Å². The van der Waals surface area contributed by atoms with Gasteiger partial charge in [-0.2, -0.15) is 0 Å². The van der Waals surface area contributed by atoms with Crippen molar-refractivity contribution in [2.45, 2.75) is 32.1 Å². The van der Waals surface area contributed by atoms with Crippen molar-refractivity contribution in [3.63, 3.8) is 0 Å². The predicted molar refractivity (Wildman–Crippen MR) is 52.2 cm³/mol. The lowest BCUT2D eigenvalue weighted by atomic mass is 9.85. The van der Waals surface area contributed by atoms with Gasteiger partial charge in [-0.3, -0.25) is 0 Å². The molecule has 1 heterocycles.